The third-order valence-corrected chi connectivity index (χ3v) is 4.29. The van der Waals surface area contributed by atoms with E-state index in [2.05, 4.69) is 22.6 Å². The van der Waals surface area contributed by atoms with Crippen LogP contribution >= 0.6 is 45.5 Å². The molecular formula is C9H6ClIOS. The van der Waals surface area contributed by atoms with Gasteiger partial charge in [-0.25, -0.2) is 0 Å². The van der Waals surface area contributed by atoms with Crippen molar-refractivity contribution in [3.8, 4) is 0 Å². The molecule has 0 aliphatic heterocycles. The summed E-state index contributed by atoms with van der Waals surface area (Å²) in [6.45, 7) is 0.0477. The minimum absolute atomic E-state index is 0.0477. The van der Waals surface area contributed by atoms with Crippen molar-refractivity contribution in [3.63, 3.8) is 0 Å². The van der Waals surface area contributed by atoms with Crippen LogP contribution in [-0.2, 0) is 6.61 Å². The second-order valence-corrected chi connectivity index (χ2v) is 5.12. The molecule has 0 bridgehead atoms. The number of aliphatic hydroxyl groups is 1. The van der Waals surface area contributed by atoms with Gasteiger partial charge in [0.05, 0.1) is 11.6 Å². The number of hydrogen-bond donors (Lipinski definition) is 1. The molecule has 0 atom stereocenters. The molecule has 2 aromatic rings. The van der Waals surface area contributed by atoms with E-state index in [1.54, 1.807) is 11.3 Å². The molecular weight excluding hydrogens is 319 g/mol. The topological polar surface area (TPSA) is 20.2 Å². The molecule has 0 aliphatic rings. The third kappa shape index (κ3) is 1.58. The fourth-order valence-electron chi connectivity index (χ4n) is 1.29. The molecule has 0 unspecified atom stereocenters. The molecule has 4 heteroatoms. The highest BCUT2D eigenvalue weighted by molar-refractivity contribution is 14.1. The second-order valence-electron chi connectivity index (χ2n) is 2.64. The average molecular weight is 325 g/mol. The van der Waals surface area contributed by atoms with Crippen LogP contribution < -0.4 is 0 Å². The Morgan fingerprint density at radius 2 is 2.23 bits per heavy atom. The second kappa shape index (κ2) is 3.73. The Hall–Kier alpha value is 0.160. The highest BCUT2D eigenvalue weighted by Gasteiger charge is 2.09. The monoisotopic (exact) mass is 324 g/mol. The maximum absolute atomic E-state index is 9.20. The summed E-state index contributed by atoms with van der Waals surface area (Å²) in [6.07, 6.45) is 0. The molecule has 1 heterocycles. The highest BCUT2D eigenvalue weighted by atomic mass is 127. The largest absolute Gasteiger partial charge is 0.392 e. The van der Waals surface area contributed by atoms with Crippen molar-refractivity contribution >= 4 is 55.6 Å². The first-order valence-electron chi connectivity index (χ1n) is 3.69. The first kappa shape index (κ1) is 9.71. The van der Waals surface area contributed by atoms with Gasteiger partial charge in [-0.15, -0.1) is 11.3 Å². The molecule has 0 aliphatic carbocycles. The van der Waals surface area contributed by atoms with E-state index in [0.717, 1.165) is 24.2 Å². The maximum atomic E-state index is 9.20. The van der Waals surface area contributed by atoms with Crippen LogP contribution in [-0.4, -0.2) is 5.11 Å². The van der Waals surface area contributed by atoms with Gasteiger partial charge in [0.15, 0.2) is 0 Å². The molecule has 0 spiro atoms. The Kier molecular flexibility index (Phi) is 2.78. The zero-order valence-corrected chi connectivity index (χ0v) is 10.3. The Labute approximate surface area is 98.5 Å². The standard InChI is InChI=1S/C9H6ClIOS/c10-6-4-13-8-2-1-7(11)5(3-12)9(6)8/h1-2,4,12H,3H2. The third-order valence-electron chi connectivity index (χ3n) is 1.90. The fourth-order valence-corrected chi connectivity index (χ4v) is 3.16. The Morgan fingerprint density at radius 3 is 2.92 bits per heavy atom. The van der Waals surface area contributed by atoms with Gasteiger partial charge < -0.3 is 5.11 Å². The van der Waals surface area contributed by atoms with Gasteiger partial charge in [0.25, 0.3) is 0 Å². The van der Waals surface area contributed by atoms with Gasteiger partial charge in [0.2, 0.25) is 0 Å². The quantitative estimate of drug-likeness (QED) is 0.794. The zero-order chi connectivity index (χ0) is 9.42. The van der Waals surface area contributed by atoms with E-state index >= 15 is 0 Å². The van der Waals surface area contributed by atoms with E-state index in [-0.39, 0.29) is 6.61 Å². The zero-order valence-electron chi connectivity index (χ0n) is 6.55. The average Bonchev–Trinajstić information content (AvgIpc) is 2.49. The van der Waals surface area contributed by atoms with Crippen LogP contribution in [0, 0.1) is 3.57 Å². The molecule has 0 radical (unpaired) electrons. The number of rotatable bonds is 1. The molecule has 2 rings (SSSR count). The van der Waals surface area contributed by atoms with Crippen molar-refractivity contribution in [2.75, 3.05) is 0 Å². The smallest absolute Gasteiger partial charge is 0.0699 e. The van der Waals surface area contributed by atoms with E-state index in [9.17, 15) is 5.11 Å². The highest BCUT2D eigenvalue weighted by Crippen LogP contribution is 2.34. The molecule has 1 nitrogen and oxygen atoms in total. The summed E-state index contributed by atoms with van der Waals surface area (Å²) < 4.78 is 2.20. The van der Waals surface area contributed by atoms with Gasteiger partial charge >= 0.3 is 0 Å². The van der Waals surface area contributed by atoms with Gasteiger partial charge in [-0.1, -0.05) is 11.6 Å². The molecule has 0 fully saturated rings. The van der Waals surface area contributed by atoms with Crippen molar-refractivity contribution in [2.24, 2.45) is 0 Å². The minimum atomic E-state index is 0.0477. The molecule has 1 N–H and O–H groups in total. The van der Waals surface area contributed by atoms with Gasteiger partial charge in [0.1, 0.15) is 0 Å². The van der Waals surface area contributed by atoms with Gasteiger partial charge in [-0.05, 0) is 34.7 Å². The minimum Gasteiger partial charge on any atom is -0.392 e. The van der Waals surface area contributed by atoms with Crippen LogP contribution in [0.25, 0.3) is 10.1 Å². The Morgan fingerprint density at radius 1 is 1.46 bits per heavy atom. The predicted molar refractivity (Wildman–Crippen MR) is 65.5 cm³/mol. The number of thiophene rings is 1. The predicted octanol–water partition coefficient (Wildman–Crippen LogP) is 3.65. The maximum Gasteiger partial charge on any atom is 0.0699 e. The Balaban J connectivity index is 2.88. The van der Waals surface area contributed by atoms with E-state index in [4.69, 9.17) is 11.6 Å². The first-order valence-corrected chi connectivity index (χ1v) is 6.02. The van der Waals surface area contributed by atoms with Crippen molar-refractivity contribution in [3.05, 3.63) is 31.7 Å². The van der Waals surface area contributed by atoms with Crippen molar-refractivity contribution in [1.82, 2.24) is 0 Å². The SMILES string of the molecule is OCc1c(I)ccc2scc(Cl)c12. The lowest BCUT2D eigenvalue weighted by atomic mass is 10.1. The lowest BCUT2D eigenvalue weighted by Crippen LogP contribution is -1.88. The lowest BCUT2D eigenvalue weighted by molar-refractivity contribution is 0.282. The summed E-state index contributed by atoms with van der Waals surface area (Å²) in [5, 5.41) is 12.8. The molecule has 0 saturated heterocycles. The summed E-state index contributed by atoms with van der Waals surface area (Å²) in [6, 6.07) is 4.04. The van der Waals surface area contributed by atoms with Crippen LogP contribution in [0.1, 0.15) is 5.56 Å². The number of benzene rings is 1. The van der Waals surface area contributed by atoms with Crippen molar-refractivity contribution < 1.29 is 5.11 Å². The summed E-state index contributed by atoms with van der Waals surface area (Å²) in [4.78, 5) is 0. The molecule has 0 saturated carbocycles. The van der Waals surface area contributed by atoms with Crippen LogP contribution in [0.3, 0.4) is 0 Å². The lowest BCUT2D eigenvalue weighted by Gasteiger charge is -2.02. The summed E-state index contributed by atoms with van der Waals surface area (Å²) in [5.74, 6) is 0. The van der Waals surface area contributed by atoms with Crippen LogP contribution in [0.15, 0.2) is 17.5 Å². The number of fused-ring (bicyclic) bond motifs is 1. The molecule has 68 valence electrons. The van der Waals surface area contributed by atoms with Crippen molar-refractivity contribution in [1.29, 1.82) is 0 Å². The normalized spacial score (nSPS) is 11.0. The van der Waals surface area contributed by atoms with Crippen molar-refractivity contribution in [2.45, 2.75) is 6.61 Å². The Bertz CT molecular complexity index is 452. The fraction of sp³-hybridized carbons (Fsp3) is 0.111. The molecule has 1 aromatic carbocycles. The molecule has 1 aromatic heterocycles. The van der Waals surface area contributed by atoms with Crippen LogP contribution in [0.4, 0.5) is 0 Å². The van der Waals surface area contributed by atoms with E-state index in [1.807, 2.05) is 17.5 Å². The van der Waals surface area contributed by atoms with Gasteiger partial charge in [-0.3, -0.25) is 0 Å². The van der Waals surface area contributed by atoms with E-state index in [0.29, 0.717) is 0 Å². The molecule has 13 heavy (non-hydrogen) atoms. The van der Waals surface area contributed by atoms with Gasteiger partial charge in [-0.2, -0.15) is 0 Å². The van der Waals surface area contributed by atoms with Crippen LogP contribution in [0.5, 0.6) is 0 Å². The molecule has 0 amide bonds. The van der Waals surface area contributed by atoms with E-state index < -0.39 is 0 Å². The summed E-state index contributed by atoms with van der Waals surface area (Å²) in [7, 11) is 0. The van der Waals surface area contributed by atoms with E-state index in [1.165, 1.54) is 0 Å². The number of hydrogen-bond acceptors (Lipinski definition) is 2. The van der Waals surface area contributed by atoms with Gasteiger partial charge in [0, 0.05) is 24.6 Å². The number of halogens is 2. The number of aliphatic hydroxyl groups excluding tert-OH is 1. The summed E-state index contributed by atoms with van der Waals surface area (Å²) >= 11 is 9.84. The van der Waals surface area contributed by atoms with Crippen LogP contribution in [0.2, 0.25) is 5.02 Å². The first-order chi connectivity index (χ1) is 6.24. The summed E-state index contributed by atoms with van der Waals surface area (Å²) in [5.41, 5.74) is 0.935.